The summed E-state index contributed by atoms with van der Waals surface area (Å²) in [5, 5.41) is 3.32. The van der Waals surface area contributed by atoms with Gasteiger partial charge in [0.05, 0.1) is 5.25 Å². The van der Waals surface area contributed by atoms with Crippen LogP contribution in [0.4, 0.5) is 0 Å². The molecule has 1 amide bonds. The monoisotopic (exact) mass is 278 g/mol. The number of benzene rings is 1. The first kappa shape index (κ1) is 14.4. The quantitative estimate of drug-likeness (QED) is 0.895. The molecule has 0 aliphatic carbocycles. The van der Waals surface area contributed by atoms with Crippen molar-refractivity contribution >= 4 is 17.7 Å². The van der Waals surface area contributed by atoms with E-state index in [2.05, 4.69) is 17.4 Å². The minimum Gasteiger partial charge on any atom is -0.340 e. The minimum atomic E-state index is 0.0193. The Hall–Kier alpha value is -1.00. The summed E-state index contributed by atoms with van der Waals surface area (Å²) in [6.45, 7) is 3.96. The van der Waals surface area contributed by atoms with Gasteiger partial charge < -0.3 is 10.2 Å². The normalized spacial score (nSPS) is 20.2. The van der Waals surface area contributed by atoms with Gasteiger partial charge in [-0.05, 0) is 25.5 Å². The number of carbonyl (C=O) groups is 1. The average molecular weight is 278 g/mol. The van der Waals surface area contributed by atoms with Gasteiger partial charge >= 0.3 is 0 Å². The number of thioether (sulfide) groups is 1. The lowest BCUT2D eigenvalue weighted by molar-refractivity contribution is -0.130. The Labute approximate surface area is 119 Å². The van der Waals surface area contributed by atoms with Gasteiger partial charge in [-0.1, -0.05) is 30.3 Å². The Balaban J connectivity index is 1.81. The summed E-state index contributed by atoms with van der Waals surface area (Å²) in [7, 11) is 1.93. The highest BCUT2D eigenvalue weighted by atomic mass is 32.2. The molecule has 3 nitrogen and oxygen atoms in total. The van der Waals surface area contributed by atoms with E-state index in [1.165, 1.54) is 5.56 Å². The minimum absolute atomic E-state index is 0.0193. The fourth-order valence-corrected chi connectivity index (χ4v) is 3.25. The molecule has 1 saturated heterocycles. The fourth-order valence-electron chi connectivity index (χ4n) is 2.30. The van der Waals surface area contributed by atoms with Gasteiger partial charge in [0, 0.05) is 25.4 Å². The van der Waals surface area contributed by atoms with Crippen LogP contribution in [0.3, 0.4) is 0 Å². The number of hydrogen-bond acceptors (Lipinski definition) is 3. The first-order valence-electron chi connectivity index (χ1n) is 6.81. The largest absolute Gasteiger partial charge is 0.340 e. The summed E-state index contributed by atoms with van der Waals surface area (Å²) in [4.78, 5) is 14.2. The molecule has 4 heteroatoms. The van der Waals surface area contributed by atoms with E-state index in [0.717, 1.165) is 25.3 Å². The van der Waals surface area contributed by atoms with Gasteiger partial charge in [-0.3, -0.25) is 4.79 Å². The van der Waals surface area contributed by atoms with Crippen molar-refractivity contribution in [2.45, 2.75) is 30.4 Å². The molecule has 1 aromatic rings. The van der Waals surface area contributed by atoms with E-state index in [4.69, 9.17) is 0 Å². The lowest BCUT2D eigenvalue weighted by Gasteiger charge is -2.26. The van der Waals surface area contributed by atoms with E-state index in [1.54, 1.807) is 11.8 Å². The highest BCUT2D eigenvalue weighted by Gasteiger charge is 2.26. The molecule has 0 bridgehead atoms. The molecule has 1 fully saturated rings. The molecular formula is C15H22N2OS. The molecule has 2 rings (SSSR count). The van der Waals surface area contributed by atoms with Crippen LogP contribution in [0.1, 0.15) is 18.9 Å². The van der Waals surface area contributed by atoms with Gasteiger partial charge in [0.25, 0.3) is 0 Å². The Morgan fingerprint density at radius 1 is 1.47 bits per heavy atom. The predicted octanol–water partition coefficient (Wildman–Crippen LogP) is 2.13. The van der Waals surface area contributed by atoms with Crippen LogP contribution in [0, 0.1) is 0 Å². The molecule has 1 aliphatic heterocycles. The molecule has 1 aromatic carbocycles. The molecule has 1 N–H and O–H groups in total. The second-order valence-electron chi connectivity index (χ2n) is 5.03. The van der Waals surface area contributed by atoms with Crippen LogP contribution in [0.5, 0.6) is 0 Å². The van der Waals surface area contributed by atoms with E-state index in [0.29, 0.717) is 6.04 Å². The fraction of sp³-hybridized carbons (Fsp3) is 0.533. The molecule has 2 atom stereocenters. The van der Waals surface area contributed by atoms with Gasteiger partial charge in [-0.15, -0.1) is 11.8 Å². The van der Waals surface area contributed by atoms with E-state index < -0.39 is 0 Å². The first-order chi connectivity index (χ1) is 9.18. The van der Waals surface area contributed by atoms with E-state index in [9.17, 15) is 4.79 Å². The standard InChI is InChI=1S/C15H22N2OS/c1-12(19-11-13-6-4-3-5-7-13)15(18)17(2)14-8-9-16-10-14/h3-7,12,14,16H,8-11H2,1-2H3. The van der Waals surface area contributed by atoms with Crippen LogP contribution in [0.25, 0.3) is 0 Å². The van der Waals surface area contributed by atoms with Crippen LogP contribution in [-0.2, 0) is 10.5 Å². The molecule has 104 valence electrons. The van der Waals surface area contributed by atoms with Crippen molar-refractivity contribution in [1.29, 1.82) is 0 Å². The lowest BCUT2D eigenvalue weighted by Crippen LogP contribution is -2.42. The Bertz CT molecular complexity index is 404. The molecule has 2 unspecified atom stereocenters. The second-order valence-corrected chi connectivity index (χ2v) is 6.36. The molecule has 0 saturated carbocycles. The van der Waals surface area contributed by atoms with Crippen LogP contribution in [0.2, 0.25) is 0 Å². The lowest BCUT2D eigenvalue weighted by atomic mass is 10.2. The van der Waals surface area contributed by atoms with Crippen molar-refractivity contribution in [3.63, 3.8) is 0 Å². The molecule has 0 aromatic heterocycles. The Kier molecular flexibility index (Phi) is 5.28. The van der Waals surface area contributed by atoms with Crippen molar-refractivity contribution in [3.05, 3.63) is 35.9 Å². The molecule has 1 aliphatic rings. The molecule has 19 heavy (non-hydrogen) atoms. The van der Waals surface area contributed by atoms with Crippen LogP contribution < -0.4 is 5.32 Å². The van der Waals surface area contributed by atoms with Crippen molar-refractivity contribution in [1.82, 2.24) is 10.2 Å². The summed E-state index contributed by atoms with van der Waals surface area (Å²) in [5.74, 6) is 1.14. The van der Waals surface area contributed by atoms with Crippen molar-refractivity contribution < 1.29 is 4.79 Å². The zero-order valence-corrected chi connectivity index (χ0v) is 12.5. The number of carbonyl (C=O) groups excluding carboxylic acids is 1. The van der Waals surface area contributed by atoms with Crippen molar-refractivity contribution in [2.75, 3.05) is 20.1 Å². The zero-order chi connectivity index (χ0) is 13.7. The number of likely N-dealkylation sites (N-methyl/N-ethyl adjacent to an activating group) is 1. The maximum atomic E-state index is 12.3. The highest BCUT2D eigenvalue weighted by molar-refractivity contribution is 7.99. The van der Waals surface area contributed by atoms with E-state index in [1.807, 2.05) is 37.1 Å². The van der Waals surface area contributed by atoms with Gasteiger partial charge in [0.2, 0.25) is 5.91 Å². The summed E-state index contributed by atoms with van der Waals surface area (Å²) in [5.41, 5.74) is 1.28. The highest BCUT2D eigenvalue weighted by Crippen LogP contribution is 2.20. The molecular weight excluding hydrogens is 256 g/mol. The third-order valence-electron chi connectivity index (χ3n) is 3.62. The number of nitrogens with one attached hydrogen (secondary N) is 1. The third-order valence-corrected chi connectivity index (χ3v) is 4.82. The zero-order valence-electron chi connectivity index (χ0n) is 11.6. The summed E-state index contributed by atoms with van der Waals surface area (Å²) >= 11 is 1.71. The smallest absolute Gasteiger partial charge is 0.235 e. The van der Waals surface area contributed by atoms with Crippen LogP contribution >= 0.6 is 11.8 Å². The second kappa shape index (κ2) is 6.96. The summed E-state index contributed by atoms with van der Waals surface area (Å²) < 4.78 is 0. The number of amides is 1. The third kappa shape index (κ3) is 3.98. The maximum Gasteiger partial charge on any atom is 0.235 e. The van der Waals surface area contributed by atoms with E-state index in [-0.39, 0.29) is 11.2 Å². The summed E-state index contributed by atoms with van der Waals surface area (Å²) in [6.07, 6.45) is 1.07. The SMILES string of the molecule is CC(SCc1ccccc1)C(=O)N(C)C1CCNC1. The molecule has 0 spiro atoms. The summed E-state index contributed by atoms with van der Waals surface area (Å²) in [6, 6.07) is 10.7. The first-order valence-corrected chi connectivity index (χ1v) is 7.86. The van der Waals surface area contributed by atoms with Crippen molar-refractivity contribution in [3.8, 4) is 0 Å². The van der Waals surface area contributed by atoms with E-state index >= 15 is 0 Å². The number of hydrogen-bond donors (Lipinski definition) is 1. The van der Waals surface area contributed by atoms with Gasteiger partial charge in [0.15, 0.2) is 0 Å². The Morgan fingerprint density at radius 2 is 2.21 bits per heavy atom. The van der Waals surface area contributed by atoms with Gasteiger partial charge in [-0.25, -0.2) is 0 Å². The Morgan fingerprint density at radius 3 is 2.84 bits per heavy atom. The van der Waals surface area contributed by atoms with Gasteiger partial charge in [-0.2, -0.15) is 0 Å². The predicted molar refractivity (Wildman–Crippen MR) is 81.2 cm³/mol. The number of rotatable bonds is 5. The van der Waals surface area contributed by atoms with Crippen LogP contribution in [-0.4, -0.2) is 42.2 Å². The number of nitrogens with zero attached hydrogens (tertiary/aromatic N) is 1. The topological polar surface area (TPSA) is 32.3 Å². The average Bonchev–Trinajstić information content (AvgIpc) is 2.98. The van der Waals surface area contributed by atoms with Crippen LogP contribution in [0.15, 0.2) is 30.3 Å². The van der Waals surface area contributed by atoms with Crippen molar-refractivity contribution in [2.24, 2.45) is 0 Å². The maximum absolute atomic E-state index is 12.3. The van der Waals surface area contributed by atoms with Gasteiger partial charge in [0.1, 0.15) is 0 Å². The molecule has 0 radical (unpaired) electrons. The molecule has 1 heterocycles.